The van der Waals surface area contributed by atoms with Crippen LogP contribution in [0, 0.1) is 0 Å². The van der Waals surface area contributed by atoms with Gasteiger partial charge in [-0.25, -0.2) is 4.98 Å². The molecule has 7 heteroatoms. The van der Waals surface area contributed by atoms with Gasteiger partial charge in [0.1, 0.15) is 11.5 Å². The van der Waals surface area contributed by atoms with Gasteiger partial charge < -0.3 is 19.4 Å². The lowest BCUT2D eigenvalue weighted by atomic mass is 10.0. The molecule has 0 saturated heterocycles. The zero-order chi connectivity index (χ0) is 18.8. The van der Waals surface area contributed by atoms with Crippen LogP contribution in [0.1, 0.15) is 12.0 Å². The summed E-state index contributed by atoms with van der Waals surface area (Å²) >= 11 is 1.42. The lowest BCUT2D eigenvalue weighted by Gasteiger charge is -2.29. The minimum atomic E-state index is 0.0872. The van der Waals surface area contributed by atoms with E-state index in [1.54, 1.807) is 14.2 Å². The fraction of sp³-hybridized carbons (Fsp3) is 0.300. The lowest BCUT2D eigenvalue weighted by molar-refractivity contribution is -0.116. The number of carbonyl (C=O) groups excluding carboxylic acids is 1. The van der Waals surface area contributed by atoms with Crippen LogP contribution in [0.5, 0.6) is 11.5 Å². The number of hydrogen-bond donors (Lipinski definition) is 1. The van der Waals surface area contributed by atoms with Crippen LogP contribution in [-0.2, 0) is 11.2 Å². The minimum Gasteiger partial charge on any atom is -0.497 e. The lowest BCUT2D eigenvalue weighted by Crippen LogP contribution is -2.36. The predicted octanol–water partition coefficient (Wildman–Crippen LogP) is 3.65. The number of fused-ring (bicyclic) bond motifs is 2. The van der Waals surface area contributed by atoms with Gasteiger partial charge in [-0.15, -0.1) is 0 Å². The fourth-order valence-corrected chi connectivity index (χ4v) is 4.09. The highest BCUT2D eigenvalue weighted by Crippen LogP contribution is 2.31. The number of anilines is 1. The van der Waals surface area contributed by atoms with E-state index in [0.29, 0.717) is 5.75 Å². The summed E-state index contributed by atoms with van der Waals surface area (Å²) in [5, 5.41) is 0.735. The molecule has 0 fully saturated rings. The maximum Gasteiger partial charge on any atom is 0.237 e. The van der Waals surface area contributed by atoms with Crippen LogP contribution >= 0.6 is 11.8 Å². The van der Waals surface area contributed by atoms with Crippen molar-refractivity contribution >= 4 is 34.4 Å². The summed E-state index contributed by atoms with van der Waals surface area (Å²) in [5.41, 5.74) is 3.91. The molecule has 0 radical (unpaired) electrons. The molecule has 1 aliphatic rings. The molecule has 0 bridgehead atoms. The monoisotopic (exact) mass is 383 g/mol. The predicted molar refractivity (Wildman–Crippen MR) is 107 cm³/mol. The molecule has 0 atom stereocenters. The Hall–Kier alpha value is -2.67. The van der Waals surface area contributed by atoms with Gasteiger partial charge in [0.05, 0.1) is 31.0 Å². The second-order valence-electron chi connectivity index (χ2n) is 6.36. The smallest absolute Gasteiger partial charge is 0.237 e. The first kappa shape index (κ1) is 17.7. The van der Waals surface area contributed by atoms with Gasteiger partial charge in [0.15, 0.2) is 5.16 Å². The van der Waals surface area contributed by atoms with Crippen LogP contribution in [0.15, 0.2) is 41.6 Å². The number of amides is 1. The van der Waals surface area contributed by atoms with Gasteiger partial charge in [0.25, 0.3) is 0 Å². The van der Waals surface area contributed by atoms with Crippen LogP contribution in [-0.4, -0.2) is 42.4 Å². The maximum atomic E-state index is 12.8. The molecular weight excluding hydrogens is 362 g/mol. The standard InChI is InChI=1S/C20H21N3O3S/c1-25-14-6-8-18-13(10-14)4-3-9-23(18)19(24)12-27-20-21-16-7-5-15(26-2)11-17(16)22-20/h5-8,10-11H,3-4,9,12H2,1-2H3,(H,21,22). The van der Waals surface area contributed by atoms with Gasteiger partial charge in [0, 0.05) is 18.3 Å². The number of H-pyrrole nitrogens is 1. The molecule has 0 spiro atoms. The van der Waals surface area contributed by atoms with E-state index < -0.39 is 0 Å². The van der Waals surface area contributed by atoms with Crippen LogP contribution in [0.4, 0.5) is 5.69 Å². The van der Waals surface area contributed by atoms with E-state index in [4.69, 9.17) is 9.47 Å². The van der Waals surface area contributed by atoms with Crippen molar-refractivity contribution < 1.29 is 14.3 Å². The molecule has 2 heterocycles. The SMILES string of the molecule is COc1ccc2c(c1)CCCN2C(=O)CSc1nc2ccc(OC)cc2[nH]1. The zero-order valence-corrected chi connectivity index (χ0v) is 16.1. The van der Waals surface area contributed by atoms with Crippen LogP contribution in [0.25, 0.3) is 11.0 Å². The van der Waals surface area contributed by atoms with Crippen LogP contribution < -0.4 is 14.4 Å². The number of imidazole rings is 1. The number of aromatic amines is 1. The third-order valence-electron chi connectivity index (χ3n) is 4.71. The third-order valence-corrected chi connectivity index (χ3v) is 5.56. The molecule has 1 aromatic heterocycles. The number of hydrogen-bond acceptors (Lipinski definition) is 5. The average molecular weight is 383 g/mol. The number of rotatable bonds is 5. The molecule has 140 valence electrons. The van der Waals surface area contributed by atoms with Crippen molar-refractivity contribution in [2.24, 2.45) is 0 Å². The highest BCUT2D eigenvalue weighted by atomic mass is 32.2. The molecule has 3 aromatic rings. The van der Waals surface area contributed by atoms with Gasteiger partial charge in [0.2, 0.25) is 5.91 Å². The largest absolute Gasteiger partial charge is 0.497 e. The molecule has 2 aromatic carbocycles. The van der Waals surface area contributed by atoms with Crippen molar-refractivity contribution in [2.75, 3.05) is 31.4 Å². The molecule has 1 aliphatic heterocycles. The summed E-state index contributed by atoms with van der Waals surface area (Å²) in [6.07, 6.45) is 1.93. The summed E-state index contributed by atoms with van der Waals surface area (Å²) in [6.45, 7) is 0.746. The van der Waals surface area contributed by atoms with Crippen molar-refractivity contribution in [1.29, 1.82) is 0 Å². The Labute approximate surface area is 161 Å². The zero-order valence-electron chi connectivity index (χ0n) is 15.3. The molecule has 1 N–H and O–H groups in total. The van der Waals surface area contributed by atoms with E-state index in [-0.39, 0.29) is 5.91 Å². The maximum absolute atomic E-state index is 12.8. The Balaban J connectivity index is 1.47. The molecule has 27 heavy (non-hydrogen) atoms. The number of methoxy groups -OCH3 is 2. The summed E-state index contributed by atoms with van der Waals surface area (Å²) in [7, 11) is 3.30. The van der Waals surface area contributed by atoms with E-state index in [9.17, 15) is 4.79 Å². The average Bonchev–Trinajstić information content (AvgIpc) is 3.13. The molecule has 1 amide bonds. The summed E-state index contributed by atoms with van der Waals surface area (Å²) in [4.78, 5) is 22.5. The van der Waals surface area contributed by atoms with Crippen molar-refractivity contribution in [2.45, 2.75) is 18.0 Å². The first-order valence-corrected chi connectivity index (χ1v) is 9.80. The number of aryl methyl sites for hydroxylation is 1. The highest BCUT2D eigenvalue weighted by molar-refractivity contribution is 7.99. The van der Waals surface area contributed by atoms with Crippen LogP contribution in [0.3, 0.4) is 0 Å². The second-order valence-corrected chi connectivity index (χ2v) is 7.32. The van der Waals surface area contributed by atoms with Gasteiger partial charge in [-0.2, -0.15) is 0 Å². The molecule has 4 rings (SSSR count). The first-order chi connectivity index (χ1) is 13.2. The molecule has 0 saturated carbocycles. The Morgan fingerprint density at radius 3 is 2.78 bits per heavy atom. The van der Waals surface area contributed by atoms with Crippen LogP contribution in [0.2, 0.25) is 0 Å². The Bertz CT molecular complexity index is 986. The van der Waals surface area contributed by atoms with Gasteiger partial charge in [-0.1, -0.05) is 11.8 Å². The fourth-order valence-electron chi connectivity index (χ4n) is 3.33. The van der Waals surface area contributed by atoms with E-state index in [2.05, 4.69) is 9.97 Å². The number of nitrogens with one attached hydrogen (secondary N) is 1. The van der Waals surface area contributed by atoms with E-state index >= 15 is 0 Å². The first-order valence-electron chi connectivity index (χ1n) is 8.82. The molecule has 6 nitrogen and oxygen atoms in total. The van der Waals surface area contributed by atoms with Crippen molar-refractivity contribution in [1.82, 2.24) is 9.97 Å². The van der Waals surface area contributed by atoms with Gasteiger partial charge in [-0.3, -0.25) is 4.79 Å². The Morgan fingerprint density at radius 2 is 1.96 bits per heavy atom. The third kappa shape index (κ3) is 3.60. The Kier molecular flexibility index (Phi) is 4.94. The number of ether oxygens (including phenoxy) is 2. The summed E-state index contributed by atoms with van der Waals surface area (Å²) in [6, 6.07) is 11.6. The molecule has 0 unspecified atom stereocenters. The Morgan fingerprint density at radius 1 is 1.19 bits per heavy atom. The van der Waals surface area contributed by atoms with E-state index in [0.717, 1.165) is 58.3 Å². The van der Waals surface area contributed by atoms with Crippen molar-refractivity contribution in [3.05, 3.63) is 42.0 Å². The number of carbonyl (C=O) groups is 1. The second kappa shape index (κ2) is 7.52. The van der Waals surface area contributed by atoms with E-state index in [1.165, 1.54) is 11.8 Å². The van der Waals surface area contributed by atoms with Gasteiger partial charge >= 0.3 is 0 Å². The van der Waals surface area contributed by atoms with E-state index in [1.807, 2.05) is 41.3 Å². The number of benzene rings is 2. The highest BCUT2D eigenvalue weighted by Gasteiger charge is 2.23. The number of nitrogens with zero attached hydrogens (tertiary/aromatic N) is 2. The number of aromatic nitrogens is 2. The molecular formula is C20H21N3O3S. The normalized spacial score (nSPS) is 13.5. The summed E-state index contributed by atoms with van der Waals surface area (Å²) in [5.74, 6) is 2.03. The summed E-state index contributed by atoms with van der Waals surface area (Å²) < 4.78 is 10.5. The number of thioether (sulfide) groups is 1. The van der Waals surface area contributed by atoms with Crippen molar-refractivity contribution in [3.8, 4) is 11.5 Å². The minimum absolute atomic E-state index is 0.0872. The molecule has 0 aliphatic carbocycles. The quantitative estimate of drug-likeness (QED) is 0.681. The van der Waals surface area contributed by atoms with Gasteiger partial charge in [-0.05, 0) is 48.7 Å². The van der Waals surface area contributed by atoms with Crippen molar-refractivity contribution in [3.63, 3.8) is 0 Å². The topological polar surface area (TPSA) is 67.4 Å².